The van der Waals surface area contributed by atoms with Gasteiger partial charge >= 0.3 is 6.09 Å². The Morgan fingerprint density at radius 1 is 0.795 bits per heavy atom. The number of hydrogen-bond acceptors (Lipinski definition) is 6. The molecule has 246 valence electrons. The SMILES string of the molecule is CCC(C)[C@H](NC(=O)OC(C)(C)C)C(=O)N[C@H](C(=O)N[C@@H](Cc1ccc2ccccc2c1)[C@@H](O)[C@@H](O)CC(C)C)C(C)CC. The molecule has 0 aromatic heterocycles. The molecule has 0 radical (unpaired) electrons. The fraction of sp³-hybridized carbons (Fsp3) is 0.629. The van der Waals surface area contributed by atoms with E-state index in [1.165, 1.54) is 0 Å². The van der Waals surface area contributed by atoms with Crippen LogP contribution in [0.2, 0.25) is 0 Å². The Morgan fingerprint density at radius 3 is 1.89 bits per heavy atom. The van der Waals surface area contributed by atoms with Crippen molar-refractivity contribution in [2.75, 3.05) is 0 Å². The number of hydrogen-bond donors (Lipinski definition) is 5. The van der Waals surface area contributed by atoms with E-state index in [4.69, 9.17) is 4.74 Å². The summed E-state index contributed by atoms with van der Waals surface area (Å²) < 4.78 is 5.39. The summed E-state index contributed by atoms with van der Waals surface area (Å²) in [5.41, 5.74) is 0.160. The lowest BCUT2D eigenvalue weighted by molar-refractivity contribution is -0.133. The van der Waals surface area contributed by atoms with Crippen molar-refractivity contribution in [1.29, 1.82) is 0 Å². The molecule has 0 aliphatic heterocycles. The van der Waals surface area contributed by atoms with Crippen LogP contribution >= 0.6 is 0 Å². The Kier molecular flexibility index (Phi) is 14.1. The minimum absolute atomic E-state index is 0.138. The molecule has 9 heteroatoms. The average Bonchev–Trinajstić information content (AvgIpc) is 2.95. The summed E-state index contributed by atoms with van der Waals surface area (Å²) in [4.78, 5) is 40.1. The van der Waals surface area contributed by atoms with Crippen molar-refractivity contribution in [3.8, 4) is 0 Å². The third kappa shape index (κ3) is 11.4. The first-order valence-corrected chi connectivity index (χ1v) is 16.0. The van der Waals surface area contributed by atoms with E-state index in [1.54, 1.807) is 20.8 Å². The van der Waals surface area contributed by atoms with Crippen LogP contribution in [0.4, 0.5) is 4.79 Å². The van der Waals surface area contributed by atoms with Crippen LogP contribution in [0.15, 0.2) is 42.5 Å². The predicted octanol–water partition coefficient (Wildman–Crippen LogP) is 5.11. The Labute approximate surface area is 263 Å². The molecule has 2 aromatic carbocycles. The third-order valence-corrected chi connectivity index (χ3v) is 8.08. The Bertz CT molecular complexity index is 1230. The summed E-state index contributed by atoms with van der Waals surface area (Å²) >= 11 is 0. The standard InChI is InChI=1S/C35H55N3O6/c1-10-22(5)29(37-33(42)30(23(6)11-2)38-34(43)44-35(7,8)9)32(41)36-27(31(40)28(39)18-21(3)4)20-24-16-17-25-14-12-13-15-26(25)19-24/h12-17,19,21-23,27-31,39-40H,10-11,18,20H2,1-9H3,(H,36,41)(H,37,42)(H,38,43)/t22?,23?,27-,28-,29-,30-,31+/m0/s1. The van der Waals surface area contributed by atoms with Crippen molar-refractivity contribution in [1.82, 2.24) is 16.0 Å². The molecule has 0 fully saturated rings. The molecule has 2 unspecified atom stereocenters. The van der Waals surface area contributed by atoms with E-state index in [-0.39, 0.29) is 24.2 Å². The second kappa shape index (κ2) is 16.8. The van der Waals surface area contributed by atoms with Gasteiger partial charge < -0.3 is 30.9 Å². The quantitative estimate of drug-likeness (QED) is 0.190. The van der Waals surface area contributed by atoms with Crippen LogP contribution in [0.3, 0.4) is 0 Å². The van der Waals surface area contributed by atoms with E-state index in [2.05, 4.69) is 16.0 Å². The summed E-state index contributed by atoms with van der Waals surface area (Å²) in [6.07, 6.45) is -1.14. The molecule has 0 saturated heterocycles. The van der Waals surface area contributed by atoms with Gasteiger partial charge in [0.1, 0.15) is 23.8 Å². The van der Waals surface area contributed by atoms with Gasteiger partial charge in [0.25, 0.3) is 0 Å². The zero-order chi connectivity index (χ0) is 33.2. The maximum atomic E-state index is 13.9. The number of benzene rings is 2. The van der Waals surface area contributed by atoms with E-state index in [1.807, 2.05) is 84.0 Å². The molecular weight excluding hydrogens is 558 g/mol. The monoisotopic (exact) mass is 613 g/mol. The molecule has 3 amide bonds. The number of aliphatic hydroxyl groups is 2. The number of carbonyl (C=O) groups excluding carboxylic acids is 3. The van der Waals surface area contributed by atoms with Gasteiger partial charge in [-0.05, 0) is 67.7 Å². The maximum absolute atomic E-state index is 13.9. The second-order valence-electron chi connectivity index (χ2n) is 13.6. The summed E-state index contributed by atoms with van der Waals surface area (Å²) in [5.74, 6) is -1.29. The van der Waals surface area contributed by atoms with E-state index in [0.29, 0.717) is 19.3 Å². The Hall–Kier alpha value is -3.17. The van der Waals surface area contributed by atoms with Crippen LogP contribution in [-0.2, 0) is 20.7 Å². The highest BCUT2D eigenvalue weighted by atomic mass is 16.6. The average molecular weight is 614 g/mol. The highest BCUT2D eigenvalue weighted by molar-refractivity contribution is 5.92. The minimum atomic E-state index is -1.23. The van der Waals surface area contributed by atoms with Crippen LogP contribution in [-0.4, -0.2) is 64.1 Å². The largest absolute Gasteiger partial charge is 0.444 e. The highest BCUT2D eigenvalue weighted by Gasteiger charge is 2.36. The smallest absolute Gasteiger partial charge is 0.408 e. The van der Waals surface area contributed by atoms with Gasteiger partial charge in [0.05, 0.1) is 12.1 Å². The molecule has 0 aliphatic carbocycles. The number of aliphatic hydroxyl groups excluding tert-OH is 2. The van der Waals surface area contributed by atoms with Crippen molar-refractivity contribution in [3.63, 3.8) is 0 Å². The number of rotatable bonds is 15. The first kappa shape index (κ1) is 37.0. The van der Waals surface area contributed by atoms with Crippen molar-refractivity contribution in [3.05, 3.63) is 48.0 Å². The molecule has 44 heavy (non-hydrogen) atoms. The first-order chi connectivity index (χ1) is 20.6. The minimum Gasteiger partial charge on any atom is -0.444 e. The molecule has 5 N–H and O–H groups in total. The molecule has 0 aliphatic rings. The number of fused-ring (bicyclic) bond motifs is 1. The fourth-order valence-electron chi connectivity index (χ4n) is 5.12. The normalized spacial score (nSPS) is 16.7. The molecule has 7 atom stereocenters. The zero-order valence-corrected chi connectivity index (χ0v) is 28.0. The first-order valence-electron chi connectivity index (χ1n) is 16.0. The van der Waals surface area contributed by atoms with E-state index in [9.17, 15) is 24.6 Å². The van der Waals surface area contributed by atoms with Crippen molar-refractivity contribution < 1.29 is 29.3 Å². The van der Waals surface area contributed by atoms with Crippen LogP contribution in [0.5, 0.6) is 0 Å². The van der Waals surface area contributed by atoms with Gasteiger partial charge in [-0.2, -0.15) is 0 Å². The number of ether oxygens (including phenoxy) is 1. The molecule has 2 rings (SSSR count). The second-order valence-corrected chi connectivity index (χ2v) is 13.6. The molecule has 0 spiro atoms. The van der Waals surface area contributed by atoms with Crippen LogP contribution in [0.1, 0.15) is 87.1 Å². The lowest BCUT2D eigenvalue weighted by Crippen LogP contribution is -2.60. The maximum Gasteiger partial charge on any atom is 0.408 e. The van der Waals surface area contributed by atoms with E-state index < -0.39 is 53.8 Å². The number of amides is 3. The number of carbonyl (C=O) groups is 3. The third-order valence-electron chi connectivity index (χ3n) is 8.08. The van der Waals surface area contributed by atoms with Crippen molar-refractivity contribution >= 4 is 28.7 Å². The lowest BCUT2D eigenvalue weighted by atomic mass is 9.91. The summed E-state index contributed by atoms with van der Waals surface area (Å²) in [5, 5.41) is 32.8. The Balaban J connectivity index is 2.34. The van der Waals surface area contributed by atoms with E-state index >= 15 is 0 Å². The summed E-state index contributed by atoms with van der Waals surface area (Å²) in [6, 6.07) is 11.2. The van der Waals surface area contributed by atoms with Crippen LogP contribution < -0.4 is 16.0 Å². The fourth-order valence-corrected chi connectivity index (χ4v) is 5.12. The summed E-state index contributed by atoms with van der Waals surface area (Å²) in [7, 11) is 0. The van der Waals surface area contributed by atoms with Crippen molar-refractivity contribution in [2.24, 2.45) is 17.8 Å². The molecule has 0 bridgehead atoms. The van der Waals surface area contributed by atoms with E-state index in [0.717, 1.165) is 16.3 Å². The van der Waals surface area contributed by atoms with Gasteiger partial charge in [-0.25, -0.2) is 4.79 Å². The van der Waals surface area contributed by atoms with Crippen LogP contribution in [0.25, 0.3) is 10.8 Å². The zero-order valence-electron chi connectivity index (χ0n) is 28.0. The Morgan fingerprint density at radius 2 is 1.34 bits per heavy atom. The molecular formula is C35H55N3O6. The number of nitrogens with one attached hydrogen (secondary N) is 3. The lowest BCUT2D eigenvalue weighted by Gasteiger charge is -2.33. The van der Waals surface area contributed by atoms with Gasteiger partial charge in [-0.1, -0.05) is 96.8 Å². The van der Waals surface area contributed by atoms with Gasteiger partial charge in [-0.3, -0.25) is 9.59 Å². The molecule has 2 aromatic rings. The summed E-state index contributed by atoms with van der Waals surface area (Å²) in [6.45, 7) is 16.7. The van der Waals surface area contributed by atoms with Crippen LogP contribution in [0, 0.1) is 17.8 Å². The van der Waals surface area contributed by atoms with Gasteiger partial charge in [0.2, 0.25) is 11.8 Å². The van der Waals surface area contributed by atoms with Gasteiger partial charge in [-0.15, -0.1) is 0 Å². The highest BCUT2D eigenvalue weighted by Crippen LogP contribution is 2.20. The van der Waals surface area contributed by atoms with Gasteiger partial charge in [0.15, 0.2) is 0 Å². The molecule has 9 nitrogen and oxygen atoms in total. The van der Waals surface area contributed by atoms with Gasteiger partial charge in [0, 0.05) is 0 Å². The predicted molar refractivity (Wildman–Crippen MR) is 175 cm³/mol. The molecule has 0 heterocycles. The topological polar surface area (TPSA) is 137 Å². The van der Waals surface area contributed by atoms with Crippen molar-refractivity contribution in [2.45, 2.75) is 124 Å². The number of alkyl carbamates (subject to hydrolysis) is 1. The molecule has 0 saturated carbocycles.